The normalized spacial score (nSPS) is 15.7. The van der Waals surface area contributed by atoms with Gasteiger partial charge in [0.15, 0.2) is 5.13 Å². The third-order valence-electron chi connectivity index (χ3n) is 4.77. The van der Waals surface area contributed by atoms with Crippen LogP contribution in [0.5, 0.6) is 0 Å². The van der Waals surface area contributed by atoms with E-state index in [-0.39, 0.29) is 11.8 Å². The minimum Gasteiger partial charge on any atom is -0.356 e. The topological polar surface area (TPSA) is 71.0 Å². The number of carbonyl (C=O) groups excluding carboxylic acids is 1. The van der Waals surface area contributed by atoms with Crippen molar-refractivity contribution in [1.29, 1.82) is 0 Å². The molecule has 3 aromatic rings. The largest absolute Gasteiger partial charge is 0.356 e. The zero-order valence-electron chi connectivity index (χ0n) is 14.2. The van der Waals surface area contributed by atoms with Crippen molar-refractivity contribution in [2.24, 2.45) is 5.92 Å². The molecule has 0 atom stereocenters. The quantitative estimate of drug-likeness (QED) is 0.759. The van der Waals surface area contributed by atoms with E-state index in [1.807, 2.05) is 5.38 Å². The summed E-state index contributed by atoms with van der Waals surface area (Å²) in [7, 11) is 0. The fraction of sp³-hybridized carbons (Fsp3) is 0.412. The Bertz CT molecular complexity index is 897. The van der Waals surface area contributed by atoms with Crippen LogP contribution in [0, 0.1) is 19.8 Å². The summed E-state index contributed by atoms with van der Waals surface area (Å²) < 4.78 is 0. The molecule has 3 aromatic heterocycles. The van der Waals surface area contributed by atoms with E-state index >= 15 is 0 Å². The molecule has 1 amide bonds. The summed E-state index contributed by atoms with van der Waals surface area (Å²) in [4.78, 5) is 30.1. The van der Waals surface area contributed by atoms with Crippen molar-refractivity contribution >= 4 is 49.7 Å². The first-order valence-corrected chi connectivity index (χ1v) is 9.99. The predicted octanol–water partition coefficient (Wildman–Crippen LogP) is 3.62. The van der Waals surface area contributed by atoms with Crippen LogP contribution in [-0.4, -0.2) is 33.9 Å². The molecule has 130 valence electrons. The van der Waals surface area contributed by atoms with Crippen LogP contribution in [0.3, 0.4) is 0 Å². The van der Waals surface area contributed by atoms with E-state index in [0.717, 1.165) is 42.0 Å². The lowest BCUT2D eigenvalue weighted by Crippen LogP contribution is -2.38. The molecule has 0 aromatic carbocycles. The van der Waals surface area contributed by atoms with Crippen LogP contribution < -0.4 is 10.2 Å². The van der Waals surface area contributed by atoms with Gasteiger partial charge in [0.2, 0.25) is 5.91 Å². The third-order valence-corrected chi connectivity index (χ3v) is 6.58. The lowest BCUT2D eigenvalue weighted by Gasteiger charge is -2.32. The van der Waals surface area contributed by atoms with E-state index in [2.05, 4.69) is 39.0 Å². The molecule has 25 heavy (non-hydrogen) atoms. The molecule has 0 unspecified atom stereocenters. The van der Waals surface area contributed by atoms with Crippen LogP contribution in [0.25, 0.3) is 10.2 Å². The van der Waals surface area contributed by atoms with Crippen molar-refractivity contribution in [1.82, 2.24) is 15.0 Å². The summed E-state index contributed by atoms with van der Waals surface area (Å²) in [5, 5.41) is 6.62. The maximum atomic E-state index is 12.4. The van der Waals surface area contributed by atoms with Gasteiger partial charge in [0.25, 0.3) is 0 Å². The fourth-order valence-electron chi connectivity index (χ4n) is 3.25. The average Bonchev–Trinajstić information content (AvgIpc) is 3.23. The second-order valence-electron chi connectivity index (χ2n) is 6.25. The van der Waals surface area contributed by atoms with Gasteiger partial charge in [-0.25, -0.2) is 15.0 Å². The van der Waals surface area contributed by atoms with E-state index in [1.54, 1.807) is 23.9 Å². The number of rotatable bonds is 3. The highest BCUT2D eigenvalue weighted by atomic mass is 32.1. The summed E-state index contributed by atoms with van der Waals surface area (Å²) in [6, 6.07) is 0. The molecule has 8 heteroatoms. The fourth-order valence-corrected chi connectivity index (χ4v) is 4.77. The highest BCUT2D eigenvalue weighted by Crippen LogP contribution is 2.35. The summed E-state index contributed by atoms with van der Waals surface area (Å²) in [5.41, 5.74) is 1.26. The van der Waals surface area contributed by atoms with E-state index < -0.39 is 0 Å². The summed E-state index contributed by atoms with van der Waals surface area (Å²) in [6.45, 7) is 5.92. The van der Waals surface area contributed by atoms with Gasteiger partial charge in [-0.2, -0.15) is 0 Å². The molecule has 1 N–H and O–H groups in total. The van der Waals surface area contributed by atoms with Crippen molar-refractivity contribution in [2.75, 3.05) is 23.3 Å². The molecule has 0 bridgehead atoms. The number of hydrogen-bond donors (Lipinski definition) is 1. The minimum atomic E-state index is 0.0304. The van der Waals surface area contributed by atoms with Gasteiger partial charge < -0.3 is 10.2 Å². The molecular weight excluding hydrogens is 354 g/mol. The number of amides is 1. The zero-order chi connectivity index (χ0) is 17.4. The van der Waals surface area contributed by atoms with Gasteiger partial charge >= 0.3 is 0 Å². The number of aryl methyl sites for hydroxylation is 2. The van der Waals surface area contributed by atoms with Crippen LogP contribution in [0.1, 0.15) is 23.3 Å². The Morgan fingerprint density at radius 3 is 2.76 bits per heavy atom. The SMILES string of the molecule is Cc1sc2ncnc(N3CCC(C(=O)Nc4nccs4)CC3)c2c1C. The third kappa shape index (κ3) is 3.11. The van der Waals surface area contributed by atoms with Crippen molar-refractivity contribution in [2.45, 2.75) is 26.7 Å². The van der Waals surface area contributed by atoms with Crippen LogP contribution in [0.2, 0.25) is 0 Å². The average molecular weight is 374 g/mol. The highest BCUT2D eigenvalue weighted by Gasteiger charge is 2.27. The highest BCUT2D eigenvalue weighted by molar-refractivity contribution is 7.18. The van der Waals surface area contributed by atoms with Gasteiger partial charge in [0.1, 0.15) is 17.0 Å². The Hall–Kier alpha value is -2.06. The Kier molecular flexibility index (Phi) is 4.39. The van der Waals surface area contributed by atoms with Crippen LogP contribution in [0.4, 0.5) is 10.9 Å². The molecule has 1 fully saturated rings. The van der Waals surface area contributed by atoms with Gasteiger partial charge in [-0.1, -0.05) is 0 Å². The number of nitrogens with zero attached hydrogens (tertiary/aromatic N) is 4. The first kappa shape index (κ1) is 16.4. The molecule has 4 rings (SSSR count). The maximum Gasteiger partial charge on any atom is 0.229 e. The van der Waals surface area contributed by atoms with Crippen molar-refractivity contribution in [3.05, 3.63) is 28.3 Å². The summed E-state index contributed by atoms with van der Waals surface area (Å²) in [5.74, 6) is 1.11. The van der Waals surface area contributed by atoms with Gasteiger partial charge in [0, 0.05) is 35.5 Å². The van der Waals surface area contributed by atoms with Gasteiger partial charge in [-0.05, 0) is 32.3 Å². The molecular formula is C17H19N5OS2. The first-order chi connectivity index (χ1) is 12.1. The number of thiophene rings is 1. The number of hydrogen-bond acceptors (Lipinski definition) is 7. The number of fused-ring (bicyclic) bond motifs is 1. The number of aromatic nitrogens is 3. The molecule has 0 aliphatic carbocycles. The number of nitrogens with one attached hydrogen (secondary N) is 1. The van der Waals surface area contributed by atoms with Gasteiger partial charge in [-0.3, -0.25) is 4.79 Å². The van der Waals surface area contributed by atoms with E-state index in [0.29, 0.717) is 5.13 Å². The monoisotopic (exact) mass is 373 g/mol. The van der Waals surface area contributed by atoms with E-state index in [1.165, 1.54) is 21.8 Å². The maximum absolute atomic E-state index is 12.4. The number of carbonyl (C=O) groups is 1. The van der Waals surface area contributed by atoms with E-state index in [4.69, 9.17) is 0 Å². The predicted molar refractivity (Wildman–Crippen MR) is 103 cm³/mol. The molecule has 1 aliphatic rings. The van der Waals surface area contributed by atoms with Crippen LogP contribution >= 0.6 is 22.7 Å². The number of thiazole rings is 1. The number of piperidine rings is 1. The standard InChI is InChI=1S/C17H19N5OS2/c1-10-11(2)25-16-13(10)14(19-9-20-16)22-6-3-12(4-7-22)15(23)21-17-18-5-8-24-17/h5,8-9,12H,3-4,6-7H2,1-2H3,(H,18,21,23). The van der Waals surface area contributed by atoms with Gasteiger partial charge in [0.05, 0.1) is 5.39 Å². The molecule has 0 radical (unpaired) electrons. The first-order valence-electron chi connectivity index (χ1n) is 8.29. The van der Waals surface area contributed by atoms with Gasteiger partial charge in [-0.15, -0.1) is 22.7 Å². The number of anilines is 2. The Balaban J connectivity index is 1.48. The minimum absolute atomic E-state index is 0.0304. The van der Waals surface area contributed by atoms with Crippen molar-refractivity contribution in [3.8, 4) is 0 Å². The zero-order valence-corrected chi connectivity index (χ0v) is 15.8. The summed E-state index contributed by atoms with van der Waals surface area (Å²) >= 11 is 3.17. The lowest BCUT2D eigenvalue weighted by molar-refractivity contribution is -0.120. The Morgan fingerprint density at radius 1 is 1.24 bits per heavy atom. The van der Waals surface area contributed by atoms with Crippen LogP contribution in [0.15, 0.2) is 17.9 Å². The molecule has 6 nitrogen and oxygen atoms in total. The lowest BCUT2D eigenvalue weighted by atomic mass is 9.96. The molecule has 4 heterocycles. The Morgan fingerprint density at radius 2 is 2.04 bits per heavy atom. The van der Waals surface area contributed by atoms with E-state index in [9.17, 15) is 4.79 Å². The summed E-state index contributed by atoms with van der Waals surface area (Å²) in [6.07, 6.45) is 5.00. The molecule has 0 saturated carbocycles. The molecule has 0 spiro atoms. The second-order valence-corrected chi connectivity index (χ2v) is 8.35. The molecule has 1 saturated heterocycles. The Labute approximate surface area is 153 Å². The van der Waals surface area contributed by atoms with Crippen LogP contribution in [-0.2, 0) is 4.79 Å². The van der Waals surface area contributed by atoms with Crippen molar-refractivity contribution < 1.29 is 4.79 Å². The second kappa shape index (κ2) is 6.68. The smallest absolute Gasteiger partial charge is 0.229 e. The van der Waals surface area contributed by atoms with Crippen molar-refractivity contribution in [3.63, 3.8) is 0 Å². The molecule has 1 aliphatic heterocycles.